The lowest BCUT2D eigenvalue weighted by molar-refractivity contribution is -0.125. The highest BCUT2D eigenvalue weighted by Gasteiger charge is 2.26. The van der Waals surface area contributed by atoms with Gasteiger partial charge in [-0.05, 0) is 5.56 Å². The van der Waals surface area contributed by atoms with Crippen LogP contribution in [0.5, 0.6) is 0 Å². The quantitative estimate of drug-likeness (QED) is 0.810. The van der Waals surface area contributed by atoms with Crippen molar-refractivity contribution >= 4 is 0 Å². The first-order chi connectivity index (χ1) is 6.99. The molecular formula is C10H12F3NO. The lowest BCUT2D eigenvalue weighted by Crippen LogP contribution is -2.31. The summed E-state index contributed by atoms with van der Waals surface area (Å²) in [4.78, 5) is 0. The second-order valence-corrected chi connectivity index (χ2v) is 3.17. The minimum absolute atomic E-state index is 0.108. The van der Waals surface area contributed by atoms with Gasteiger partial charge in [0.15, 0.2) is 0 Å². The van der Waals surface area contributed by atoms with Gasteiger partial charge in [0.25, 0.3) is 0 Å². The van der Waals surface area contributed by atoms with Crippen LogP contribution in [0, 0.1) is 0 Å². The van der Waals surface area contributed by atoms with E-state index < -0.39 is 18.8 Å². The fourth-order valence-corrected chi connectivity index (χ4v) is 1.14. The molecule has 2 nitrogen and oxygen atoms in total. The number of hydrogen-bond acceptors (Lipinski definition) is 2. The highest BCUT2D eigenvalue weighted by molar-refractivity contribution is 5.17. The third kappa shape index (κ3) is 4.80. The number of alkyl halides is 3. The number of rotatable bonds is 4. The maximum absolute atomic E-state index is 11.8. The summed E-state index contributed by atoms with van der Waals surface area (Å²) in [6.07, 6.45) is -5.15. The molecule has 0 aromatic heterocycles. The van der Waals surface area contributed by atoms with Crippen molar-refractivity contribution in [2.75, 3.05) is 13.1 Å². The standard InChI is InChI=1S/C10H12F3NO/c11-10(12,13)7-14-6-9(15)8-4-2-1-3-5-8/h1-5,9,14-15H,6-7H2. The van der Waals surface area contributed by atoms with E-state index in [0.29, 0.717) is 5.56 Å². The van der Waals surface area contributed by atoms with Crippen molar-refractivity contribution in [2.24, 2.45) is 0 Å². The molecular weight excluding hydrogens is 207 g/mol. The van der Waals surface area contributed by atoms with E-state index in [1.165, 1.54) is 0 Å². The molecule has 0 saturated carbocycles. The summed E-state index contributed by atoms with van der Waals surface area (Å²) >= 11 is 0. The Hall–Kier alpha value is -1.07. The summed E-state index contributed by atoms with van der Waals surface area (Å²) in [5.74, 6) is 0. The summed E-state index contributed by atoms with van der Waals surface area (Å²) in [5, 5.41) is 11.6. The van der Waals surface area contributed by atoms with Gasteiger partial charge in [-0.3, -0.25) is 0 Å². The highest BCUT2D eigenvalue weighted by Crippen LogP contribution is 2.14. The molecule has 15 heavy (non-hydrogen) atoms. The summed E-state index contributed by atoms with van der Waals surface area (Å²) < 4.78 is 35.3. The number of halogens is 3. The zero-order chi connectivity index (χ0) is 11.3. The van der Waals surface area contributed by atoms with Crippen LogP contribution in [0.4, 0.5) is 13.2 Å². The molecule has 5 heteroatoms. The zero-order valence-electron chi connectivity index (χ0n) is 7.96. The van der Waals surface area contributed by atoms with E-state index in [1.807, 2.05) is 0 Å². The lowest BCUT2D eigenvalue weighted by Gasteiger charge is -2.13. The normalized spacial score (nSPS) is 13.9. The molecule has 1 aromatic carbocycles. The van der Waals surface area contributed by atoms with Gasteiger partial charge in [-0.2, -0.15) is 13.2 Å². The first-order valence-corrected chi connectivity index (χ1v) is 4.49. The van der Waals surface area contributed by atoms with Gasteiger partial charge >= 0.3 is 6.18 Å². The minimum atomic E-state index is -4.24. The lowest BCUT2D eigenvalue weighted by atomic mass is 10.1. The summed E-state index contributed by atoms with van der Waals surface area (Å²) in [6, 6.07) is 8.56. The number of aliphatic hydroxyl groups is 1. The van der Waals surface area contributed by atoms with Gasteiger partial charge in [0.2, 0.25) is 0 Å². The summed E-state index contributed by atoms with van der Waals surface area (Å²) in [5.41, 5.74) is 0.604. The van der Waals surface area contributed by atoms with Crippen molar-refractivity contribution in [1.82, 2.24) is 5.32 Å². The number of aliphatic hydroxyl groups excluding tert-OH is 1. The molecule has 0 heterocycles. The van der Waals surface area contributed by atoms with Crippen LogP contribution in [0.15, 0.2) is 30.3 Å². The molecule has 0 spiro atoms. The molecule has 1 atom stereocenters. The van der Waals surface area contributed by atoms with E-state index in [-0.39, 0.29) is 6.54 Å². The first kappa shape index (κ1) is 12.0. The molecule has 0 aliphatic heterocycles. The Morgan fingerprint density at radius 1 is 1.20 bits per heavy atom. The van der Waals surface area contributed by atoms with Crippen molar-refractivity contribution in [2.45, 2.75) is 12.3 Å². The second-order valence-electron chi connectivity index (χ2n) is 3.17. The Kier molecular flexibility index (Phi) is 4.11. The van der Waals surface area contributed by atoms with Crippen molar-refractivity contribution in [3.05, 3.63) is 35.9 Å². The molecule has 84 valence electrons. The van der Waals surface area contributed by atoms with E-state index in [0.717, 1.165) is 0 Å². The molecule has 0 fully saturated rings. The van der Waals surface area contributed by atoms with E-state index >= 15 is 0 Å². The number of benzene rings is 1. The molecule has 0 saturated heterocycles. The van der Waals surface area contributed by atoms with Crippen LogP contribution >= 0.6 is 0 Å². The van der Waals surface area contributed by atoms with Crippen molar-refractivity contribution in [1.29, 1.82) is 0 Å². The van der Waals surface area contributed by atoms with Crippen LogP contribution in [0.3, 0.4) is 0 Å². The van der Waals surface area contributed by atoms with Crippen LogP contribution in [0.25, 0.3) is 0 Å². The smallest absolute Gasteiger partial charge is 0.387 e. The third-order valence-corrected chi connectivity index (χ3v) is 1.85. The Bertz CT molecular complexity index is 286. The van der Waals surface area contributed by atoms with Crippen LogP contribution < -0.4 is 5.32 Å². The number of hydrogen-bond donors (Lipinski definition) is 2. The minimum Gasteiger partial charge on any atom is -0.387 e. The van der Waals surface area contributed by atoms with Gasteiger partial charge in [0.1, 0.15) is 0 Å². The van der Waals surface area contributed by atoms with E-state index in [1.54, 1.807) is 30.3 Å². The van der Waals surface area contributed by atoms with Crippen LogP contribution in [0.1, 0.15) is 11.7 Å². The molecule has 0 bridgehead atoms. The van der Waals surface area contributed by atoms with Crippen LogP contribution in [0.2, 0.25) is 0 Å². The molecule has 0 amide bonds. The van der Waals surface area contributed by atoms with Gasteiger partial charge in [0, 0.05) is 6.54 Å². The monoisotopic (exact) mass is 219 g/mol. The summed E-state index contributed by atoms with van der Waals surface area (Å²) in [6.45, 7) is -1.19. The van der Waals surface area contributed by atoms with Crippen molar-refractivity contribution < 1.29 is 18.3 Å². The Morgan fingerprint density at radius 2 is 1.80 bits per heavy atom. The molecule has 1 unspecified atom stereocenters. The SMILES string of the molecule is OC(CNCC(F)(F)F)c1ccccc1. The topological polar surface area (TPSA) is 32.3 Å². The molecule has 2 N–H and O–H groups in total. The maximum atomic E-state index is 11.8. The molecule has 0 aliphatic rings. The fourth-order valence-electron chi connectivity index (χ4n) is 1.14. The van der Waals surface area contributed by atoms with Crippen LogP contribution in [-0.2, 0) is 0 Å². The third-order valence-electron chi connectivity index (χ3n) is 1.85. The van der Waals surface area contributed by atoms with E-state index in [9.17, 15) is 18.3 Å². The van der Waals surface area contributed by atoms with E-state index in [2.05, 4.69) is 5.32 Å². The first-order valence-electron chi connectivity index (χ1n) is 4.49. The van der Waals surface area contributed by atoms with Gasteiger partial charge < -0.3 is 10.4 Å². The Labute approximate surface area is 85.7 Å². The Morgan fingerprint density at radius 3 is 2.33 bits per heavy atom. The molecule has 0 aliphatic carbocycles. The van der Waals surface area contributed by atoms with Gasteiger partial charge in [-0.25, -0.2) is 0 Å². The predicted octanol–water partition coefficient (Wildman–Crippen LogP) is 1.87. The molecule has 0 radical (unpaired) electrons. The highest BCUT2D eigenvalue weighted by atomic mass is 19.4. The van der Waals surface area contributed by atoms with Gasteiger partial charge in [0.05, 0.1) is 12.6 Å². The fraction of sp³-hybridized carbons (Fsp3) is 0.400. The zero-order valence-corrected chi connectivity index (χ0v) is 7.96. The van der Waals surface area contributed by atoms with E-state index in [4.69, 9.17) is 0 Å². The molecule has 1 rings (SSSR count). The predicted molar refractivity (Wildman–Crippen MR) is 50.3 cm³/mol. The Balaban J connectivity index is 2.34. The van der Waals surface area contributed by atoms with Crippen molar-refractivity contribution in [3.63, 3.8) is 0 Å². The molecule has 1 aromatic rings. The van der Waals surface area contributed by atoms with Gasteiger partial charge in [-0.15, -0.1) is 0 Å². The van der Waals surface area contributed by atoms with Gasteiger partial charge in [-0.1, -0.05) is 30.3 Å². The maximum Gasteiger partial charge on any atom is 0.401 e. The average molecular weight is 219 g/mol. The largest absolute Gasteiger partial charge is 0.401 e. The van der Waals surface area contributed by atoms with Crippen molar-refractivity contribution in [3.8, 4) is 0 Å². The second kappa shape index (κ2) is 5.14. The van der Waals surface area contributed by atoms with Crippen LogP contribution in [-0.4, -0.2) is 24.4 Å². The average Bonchev–Trinajstić information content (AvgIpc) is 2.17. The summed E-state index contributed by atoms with van der Waals surface area (Å²) in [7, 11) is 0. The number of nitrogens with one attached hydrogen (secondary N) is 1.